The maximum absolute atomic E-state index is 12.9. The number of aromatic nitrogens is 3. The molecular weight excluding hydrogens is 488 g/mol. The van der Waals surface area contributed by atoms with Gasteiger partial charge in [-0.3, -0.25) is 14.7 Å². The lowest BCUT2D eigenvalue weighted by atomic mass is 10.1. The number of para-hydroxylation sites is 1. The second-order valence-electron chi connectivity index (χ2n) is 8.81. The summed E-state index contributed by atoms with van der Waals surface area (Å²) in [5.74, 6) is 1.18. The van der Waals surface area contributed by atoms with Crippen LogP contribution in [0, 0.1) is 30.9 Å². The molecule has 4 aromatic rings. The largest absolute Gasteiger partial charge is 0.328 e. The molecule has 0 aliphatic carbocycles. The van der Waals surface area contributed by atoms with Crippen molar-refractivity contribution in [3.63, 3.8) is 0 Å². The lowest BCUT2D eigenvalue weighted by Gasteiger charge is -2.18. The first-order valence-corrected chi connectivity index (χ1v) is 12.7. The molecule has 1 unspecified atom stereocenters. The lowest BCUT2D eigenvalue weighted by molar-refractivity contribution is -0.384. The Bertz CT molecular complexity index is 1410. The molecule has 2 N–H and O–H groups in total. The molecule has 1 atom stereocenters. The van der Waals surface area contributed by atoms with Crippen LogP contribution in [0.4, 0.5) is 16.2 Å². The van der Waals surface area contributed by atoms with Crippen molar-refractivity contribution in [3.8, 4) is 5.69 Å². The number of non-ortho nitro benzene ring substituents is 1. The first-order valence-electron chi connectivity index (χ1n) is 11.7. The van der Waals surface area contributed by atoms with Gasteiger partial charge in [-0.1, -0.05) is 59.8 Å². The van der Waals surface area contributed by atoms with Gasteiger partial charge in [-0.25, -0.2) is 4.79 Å². The van der Waals surface area contributed by atoms with E-state index in [4.69, 9.17) is 0 Å². The summed E-state index contributed by atoms with van der Waals surface area (Å²) in [5.41, 5.74) is 5.66. The zero-order chi connectivity index (χ0) is 26.5. The van der Waals surface area contributed by atoms with E-state index in [1.54, 1.807) is 12.1 Å². The second-order valence-corrected chi connectivity index (χ2v) is 9.76. The summed E-state index contributed by atoms with van der Waals surface area (Å²) < 4.78 is 1.83. The molecule has 0 saturated heterocycles. The molecule has 1 heterocycles. The highest BCUT2D eigenvalue weighted by Crippen LogP contribution is 2.29. The average Bonchev–Trinajstić information content (AvgIpc) is 3.29. The molecule has 0 aliphatic heterocycles. The number of nitrogens with one attached hydrogen (secondary N) is 2. The van der Waals surface area contributed by atoms with E-state index in [0.29, 0.717) is 22.4 Å². The van der Waals surface area contributed by atoms with Crippen LogP contribution < -0.4 is 10.6 Å². The van der Waals surface area contributed by atoms with E-state index < -0.39 is 11.0 Å². The van der Waals surface area contributed by atoms with Crippen LogP contribution in [0.25, 0.3) is 5.69 Å². The van der Waals surface area contributed by atoms with E-state index in [1.807, 2.05) is 62.6 Å². The van der Waals surface area contributed by atoms with E-state index >= 15 is 0 Å². The minimum absolute atomic E-state index is 0.00788. The molecule has 9 nitrogen and oxygen atoms in total. The first-order chi connectivity index (χ1) is 17.7. The molecule has 190 valence electrons. The van der Waals surface area contributed by atoms with Crippen molar-refractivity contribution in [1.29, 1.82) is 0 Å². The van der Waals surface area contributed by atoms with Gasteiger partial charge in [-0.2, -0.15) is 0 Å². The fourth-order valence-corrected chi connectivity index (χ4v) is 4.90. The van der Waals surface area contributed by atoms with Gasteiger partial charge in [0.1, 0.15) is 0 Å². The zero-order valence-corrected chi connectivity index (χ0v) is 21.9. The average molecular weight is 517 g/mol. The number of anilines is 1. The number of urea groups is 1. The monoisotopic (exact) mass is 516 g/mol. The lowest BCUT2D eigenvalue weighted by Crippen LogP contribution is -2.33. The predicted octanol–water partition coefficient (Wildman–Crippen LogP) is 6.28. The quantitative estimate of drug-likeness (QED) is 0.162. The molecule has 0 aliphatic rings. The molecule has 0 spiro atoms. The number of aryl methyl sites for hydroxylation is 3. The highest BCUT2D eigenvalue weighted by atomic mass is 32.2. The van der Waals surface area contributed by atoms with E-state index in [0.717, 1.165) is 22.4 Å². The third-order valence-corrected chi connectivity index (χ3v) is 6.88. The minimum atomic E-state index is -0.500. The van der Waals surface area contributed by atoms with Crippen molar-refractivity contribution in [2.24, 2.45) is 0 Å². The van der Waals surface area contributed by atoms with E-state index in [9.17, 15) is 14.9 Å². The van der Waals surface area contributed by atoms with Gasteiger partial charge in [0.2, 0.25) is 0 Å². The van der Waals surface area contributed by atoms with Gasteiger partial charge in [0.05, 0.1) is 11.0 Å². The summed E-state index contributed by atoms with van der Waals surface area (Å²) in [4.78, 5) is 23.6. The Hall–Kier alpha value is -4.18. The fourth-order valence-electron chi connectivity index (χ4n) is 3.99. The molecule has 0 bridgehead atoms. The van der Waals surface area contributed by atoms with Crippen molar-refractivity contribution in [2.75, 3.05) is 5.32 Å². The van der Waals surface area contributed by atoms with E-state index in [2.05, 4.69) is 33.0 Å². The number of hydrogen-bond donors (Lipinski definition) is 2. The molecule has 0 saturated carbocycles. The SMILES string of the molecule is Cc1cccc(CSc2nnc(C(C)NC(=O)Nc3c(C)cccc3C)n2-c2ccc([N+](=O)[O-])cc2)c1. The van der Waals surface area contributed by atoms with Gasteiger partial charge in [0, 0.05) is 29.3 Å². The van der Waals surface area contributed by atoms with Gasteiger partial charge in [0.15, 0.2) is 11.0 Å². The minimum Gasteiger partial charge on any atom is -0.328 e. The number of nitrogens with zero attached hydrogens (tertiary/aromatic N) is 4. The molecule has 4 rings (SSSR count). The summed E-state index contributed by atoms with van der Waals surface area (Å²) in [7, 11) is 0. The fraction of sp³-hybridized carbons (Fsp3) is 0.222. The zero-order valence-electron chi connectivity index (χ0n) is 21.1. The number of hydrogen-bond acceptors (Lipinski definition) is 6. The summed E-state index contributed by atoms with van der Waals surface area (Å²) in [5, 5.41) is 26.4. The van der Waals surface area contributed by atoms with Gasteiger partial charge < -0.3 is 10.6 Å². The van der Waals surface area contributed by atoms with Crippen molar-refractivity contribution in [2.45, 2.75) is 44.6 Å². The molecule has 10 heteroatoms. The Morgan fingerprint density at radius 3 is 2.35 bits per heavy atom. The number of nitro groups is 1. The van der Waals surface area contributed by atoms with Crippen LogP contribution in [-0.4, -0.2) is 25.7 Å². The Morgan fingerprint density at radius 2 is 1.70 bits per heavy atom. The molecule has 37 heavy (non-hydrogen) atoms. The maximum Gasteiger partial charge on any atom is 0.319 e. The van der Waals surface area contributed by atoms with Crippen molar-refractivity contribution >= 4 is 29.2 Å². The van der Waals surface area contributed by atoms with Crippen molar-refractivity contribution in [3.05, 3.63) is 105 Å². The number of carbonyl (C=O) groups is 1. The highest BCUT2D eigenvalue weighted by molar-refractivity contribution is 7.98. The third-order valence-electron chi connectivity index (χ3n) is 5.88. The van der Waals surface area contributed by atoms with Crippen LogP contribution in [-0.2, 0) is 5.75 Å². The van der Waals surface area contributed by atoms with Crippen LogP contribution in [0.15, 0.2) is 71.9 Å². The normalized spacial score (nSPS) is 11.7. The molecule has 2 amide bonds. The van der Waals surface area contributed by atoms with E-state index in [1.165, 1.54) is 29.5 Å². The summed E-state index contributed by atoms with van der Waals surface area (Å²) in [6.45, 7) is 7.75. The van der Waals surface area contributed by atoms with Gasteiger partial charge in [-0.15, -0.1) is 10.2 Å². The van der Waals surface area contributed by atoms with Crippen LogP contribution in [0.5, 0.6) is 0 Å². The highest BCUT2D eigenvalue weighted by Gasteiger charge is 2.22. The van der Waals surface area contributed by atoms with Crippen LogP contribution in [0.1, 0.15) is 41.0 Å². The van der Waals surface area contributed by atoms with Gasteiger partial charge in [-0.05, 0) is 56.5 Å². The first kappa shape index (κ1) is 25.9. The van der Waals surface area contributed by atoms with Crippen molar-refractivity contribution < 1.29 is 9.72 Å². The van der Waals surface area contributed by atoms with Crippen LogP contribution in [0.2, 0.25) is 0 Å². The third kappa shape index (κ3) is 6.15. The number of rotatable bonds is 8. The number of nitro benzene ring substituents is 1. The Kier molecular flexibility index (Phi) is 7.88. The van der Waals surface area contributed by atoms with Gasteiger partial charge in [0.25, 0.3) is 5.69 Å². The number of benzene rings is 3. The predicted molar refractivity (Wildman–Crippen MR) is 145 cm³/mol. The Labute approximate surface area is 219 Å². The Morgan fingerprint density at radius 1 is 1.03 bits per heavy atom. The molecule has 0 fully saturated rings. The smallest absolute Gasteiger partial charge is 0.319 e. The summed E-state index contributed by atoms with van der Waals surface area (Å²) in [6.07, 6.45) is 0. The summed E-state index contributed by atoms with van der Waals surface area (Å²) in [6, 6.07) is 19.4. The molecule has 1 aromatic heterocycles. The Balaban J connectivity index is 1.61. The second kappa shape index (κ2) is 11.3. The maximum atomic E-state index is 12.9. The standard InChI is InChI=1S/C27H28N6O3S/c1-17-7-5-10-21(15-17)16-37-27-31-30-25(32(27)22-11-13-23(14-12-22)33(35)36)20(4)28-26(34)29-24-18(2)8-6-9-19(24)3/h5-15,20H,16H2,1-4H3,(H2,28,29,34). The van der Waals surface area contributed by atoms with Crippen LogP contribution in [0.3, 0.4) is 0 Å². The topological polar surface area (TPSA) is 115 Å². The van der Waals surface area contributed by atoms with Crippen LogP contribution >= 0.6 is 11.8 Å². The number of thioether (sulfide) groups is 1. The molecule has 3 aromatic carbocycles. The van der Waals surface area contributed by atoms with Gasteiger partial charge >= 0.3 is 6.03 Å². The molecular formula is C27H28N6O3S. The van der Waals surface area contributed by atoms with E-state index in [-0.39, 0.29) is 11.7 Å². The number of carbonyl (C=O) groups excluding carboxylic acids is 1. The summed E-state index contributed by atoms with van der Waals surface area (Å²) >= 11 is 1.50. The number of amides is 2. The molecule has 0 radical (unpaired) electrons. The van der Waals surface area contributed by atoms with Crippen molar-refractivity contribution in [1.82, 2.24) is 20.1 Å².